The molecule has 4 N–H and O–H groups in total. The molecule has 0 radical (unpaired) electrons. The van der Waals surface area contributed by atoms with Crippen LogP contribution in [0.2, 0.25) is 5.02 Å². The predicted octanol–water partition coefficient (Wildman–Crippen LogP) is 7.50. The zero-order valence-corrected chi connectivity index (χ0v) is 41.7. The summed E-state index contributed by atoms with van der Waals surface area (Å²) in [6.45, 7) is -0.00542. The first-order valence-corrected chi connectivity index (χ1v) is 25.6. The molecule has 2 aromatic carbocycles. The van der Waals surface area contributed by atoms with Crippen molar-refractivity contribution >= 4 is 66.2 Å². The second kappa shape index (κ2) is 20.2. The Labute approximate surface area is 419 Å². The van der Waals surface area contributed by atoms with Crippen LogP contribution in [0.25, 0.3) is 22.0 Å². The van der Waals surface area contributed by atoms with Crippen molar-refractivity contribution in [2.75, 3.05) is 30.0 Å². The lowest BCUT2D eigenvalue weighted by Crippen LogP contribution is -2.39. The maximum Gasteiger partial charge on any atom is 0.435 e. The lowest BCUT2D eigenvalue weighted by atomic mass is 9.93. The number of primary amides is 1. The molecular formula is C44H42ClF10N9O8S2. The number of rotatable bonds is 14. The fraction of sp³-hybridized carbons (Fsp3) is 0.409. The summed E-state index contributed by atoms with van der Waals surface area (Å²) >= 11 is 6.59. The average molecular weight is 1110 g/mol. The average Bonchev–Trinajstić information content (AvgIpc) is 3.86. The van der Waals surface area contributed by atoms with E-state index in [1.54, 1.807) is 0 Å². The number of amides is 4. The third kappa shape index (κ3) is 12.0. The zero-order chi connectivity index (χ0) is 55.4. The second-order valence-electron chi connectivity index (χ2n) is 17.6. The van der Waals surface area contributed by atoms with Crippen LogP contribution < -0.4 is 20.7 Å². The highest BCUT2D eigenvalue weighted by atomic mass is 35.5. The molecular weight excluding hydrogens is 1070 g/mol. The van der Waals surface area contributed by atoms with Crippen LogP contribution in [0.5, 0.6) is 0 Å². The SMILES string of the molecule is C[C@@H]1c2c(C(F)(F)F)nn(CC(=O)N[C@@H](Cc3cc(F)cc(F)c3)c3nc(C#CC(C)(C)S(C)(=O)=O)ccc3-c3ccc(Cl)c4c(N(C(=O)OCCNC(N)=O)S(C)(=O)=O)nn(CC(F)(F)F)c34)c2C(F)(F)[C@@H]1C. The van der Waals surface area contributed by atoms with Gasteiger partial charge in [0.2, 0.25) is 15.9 Å². The monoisotopic (exact) mass is 1110 g/mol. The summed E-state index contributed by atoms with van der Waals surface area (Å²) in [5.74, 6) is -6.78. The van der Waals surface area contributed by atoms with Gasteiger partial charge in [0.1, 0.15) is 47.5 Å². The van der Waals surface area contributed by atoms with Crippen LogP contribution in [0.1, 0.15) is 73.6 Å². The number of halogens is 11. The summed E-state index contributed by atoms with van der Waals surface area (Å²) < 4.78 is 203. The number of nitrogens with one attached hydrogen (secondary N) is 2. The minimum atomic E-state index is -5.28. The van der Waals surface area contributed by atoms with Gasteiger partial charge in [-0.1, -0.05) is 37.4 Å². The van der Waals surface area contributed by atoms with E-state index in [4.69, 9.17) is 22.1 Å². The van der Waals surface area contributed by atoms with E-state index in [1.165, 1.54) is 13.8 Å². The Balaban J connectivity index is 1.65. The number of benzene rings is 2. The third-order valence-corrected chi connectivity index (χ3v) is 15.0. The number of anilines is 1. The number of alkyl halides is 8. The molecule has 0 unspecified atom stereocenters. The van der Waals surface area contributed by atoms with Crippen molar-refractivity contribution in [1.82, 2.24) is 35.2 Å². The van der Waals surface area contributed by atoms with Gasteiger partial charge in [-0.15, -0.1) is 0 Å². The number of nitrogens with two attached hydrogens (primary N) is 1. The molecule has 3 atom stereocenters. The van der Waals surface area contributed by atoms with Gasteiger partial charge in [-0.3, -0.25) is 14.2 Å². The van der Waals surface area contributed by atoms with Crippen LogP contribution >= 0.6 is 11.6 Å². The number of fused-ring (bicyclic) bond motifs is 2. The molecule has 30 heteroatoms. The molecule has 0 fully saturated rings. The van der Waals surface area contributed by atoms with Gasteiger partial charge in [-0.05, 0) is 68.0 Å². The number of urea groups is 1. The predicted molar refractivity (Wildman–Crippen MR) is 246 cm³/mol. The minimum Gasteiger partial charge on any atom is -0.447 e. The van der Waals surface area contributed by atoms with E-state index in [0.717, 1.165) is 56.5 Å². The quantitative estimate of drug-likeness (QED) is 0.0560. The summed E-state index contributed by atoms with van der Waals surface area (Å²) in [5, 5.41) is 10.5. The van der Waals surface area contributed by atoms with E-state index in [9.17, 15) is 66.3 Å². The van der Waals surface area contributed by atoms with Gasteiger partial charge < -0.3 is 21.1 Å². The summed E-state index contributed by atoms with van der Waals surface area (Å²) in [4.78, 5) is 43.3. The van der Waals surface area contributed by atoms with E-state index in [2.05, 4.69) is 37.7 Å². The number of sulfonamides is 1. The highest BCUT2D eigenvalue weighted by molar-refractivity contribution is 7.93. The first-order valence-electron chi connectivity index (χ1n) is 21.4. The lowest BCUT2D eigenvalue weighted by Gasteiger charge is -2.24. The Morgan fingerprint density at radius 1 is 0.946 bits per heavy atom. The summed E-state index contributed by atoms with van der Waals surface area (Å²) in [5.41, 5.74) is -1.36. The van der Waals surface area contributed by atoms with Crippen LogP contribution in [-0.2, 0) is 61.0 Å². The number of hydrogen-bond donors (Lipinski definition) is 3. The van der Waals surface area contributed by atoms with Gasteiger partial charge in [0, 0.05) is 34.9 Å². The normalized spacial score (nSPS) is 16.3. The van der Waals surface area contributed by atoms with Crippen LogP contribution in [0.15, 0.2) is 42.5 Å². The number of nitrogens with zero attached hydrogens (tertiary/aromatic N) is 6. The molecule has 74 heavy (non-hydrogen) atoms. The van der Waals surface area contributed by atoms with Crippen molar-refractivity contribution in [2.45, 2.75) is 82.2 Å². The topological polar surface area (TPSA) is 231 Å². The molecule has 6 rings (SSSR count). The van der Waals surface area contributed by atoms with Gasteiger partial charge in [-0.25, -0.2) is 40.2 Å². The lowest BCUT2D eigenvalue weighted by molar-refractivity contribution is -0.143. The van der Waals surface area contributed by atoms with Crippen molar-refractivity contribution in [3.05, 3.63) is 93.0 Å². The summed E-state index contributed by atoms with van der Waals surface area (Å²) in [6, 6.07) is 3.45. The molecule has 1 aliphatic rings. The maximum absolute atomic E-state index is 15.8. The van der Waals surface area contributed by atoms with Gasteiger partial charge in [0.25, 0.3) is 5.92 Å². The fourth-order valence-corrected chi connectivity index (χ4v) is 9.16. The Morgan fingerprint density at radius 2 is 1.57 bits per heavy atom. The molecule has 17 nitrogen and oxygen atoms in total. The summed E-state index contributed by atoms with van der Waals surface area (Å²) in [6.07, 6.45) is -11.6. The molecule has 400 valence electrons. The van der Waals surface area contributed by atoms with Crippen LogP contribution in [0.3, 0.4) is 0 Å². The molecule has 0 saturated heterocycles. The largest absolute Gasteiger partial charge is 0.447 e. The molecule has 3 heterocycles. The van der Waals surface area contributed by atoms with Gasteiger partial charge in [0.05, 0.1) is 40.5 Å². The zero-order valence-electron chi connectivity index (χ0n) is 39.3. The fourth-order valence-electron chi connectivity index (χ4n) is 7.92. The van der Waals surface area contributed by atoms with Crippen molar-refractivity contribution in [3.8, 4) is 23.0 Å². The van der Waals surface area contributed by atoms with E-state index in [1.807, 2.05) is 0 Å². The smallest absolute Gasteiger partial charge is 0.435 e. The minimum absolute atomic E-state index is 0.133. The highest BCUT2D eigenvalue weighted by Gasteiger charge is 2.57. The van der Waals surface area contributed by atoms with E-state index in [-0.39, 0.29) is 30.5 Å². The van der Waals surface area contributed by atoms with Crippen molar-refractivity contribution in [2.24, 2.45) is 11.7 Å². The molecule has 1 aliphatic carbocycles. The number of aromatic nitrogens is 5. The molecule has 3 aromatic heterocycles. The number of carbonyl (C=O) groups excluding carboxylic acids is 3. The third-order valence-electron chi connectivity index (χ3n) is 11.8. The molecule has 0 spiro atoms. The van der Waals surface area contributed by atoms with Crippen LogP contribution in [-0.4, -0.2) is 96.0 Å². The molecule has 0 aliphatic heterocycles. The first-order chi connectivity index (χ1) is 33.9. The Morgan fingerprint density at radius 3 is 2.14 bits per heavy atom. The Bertz CT molecular complexity index is 3350. The van der Waals surface area contributed by atoms with Crippen molar-refractivity contribution < 1.29 is 79.9 Å². The van der Waals surface area contributed by atoms with E-state index in [0.29, 0.717) is 12.3 Å². The van der Waals surface area contributed by atoms with E-state index >= 15 is 8.78 Å². The molecule has 0 bridgehead atoms. The number of sulfone groups is 1. The first kappa shape index (κ1) is 56.6. The van der Waals surface area contributed by atoms with Gasteiger partial charge in [0.15, 0.2) is 21.3 Å². The highest BCUT2D eigenvalue weighted by Crippen LogP contribution is 2.55. The van der Waals surface area contributed by atoms with Crippen LogP contribution in [0.4, 0.5) is 59.3 Å². The number of pyridine rings is 1. The summed E-state index contributed by atoms with van der Waals surface area (Å²) in [7, 11) is -8.84. The molecule has 5 aromatic rings. The Kier molecular flexibility index (Phi) is 15.5. The van der Waals surface area contributed by atoms with E-state index < -0.39 is 173 Å². The van der Waals surface area contributed by atoms with Gasteiger partial charge in [-0.2, -0.15) is 49.6 Å². The second-order valence-corrected chi connectivity index (χ2v) is 22.4. The molecule has 4 amide bonds. The van der Waals surface area contributed by atoms with Crippen molar-refractivity contribution in [3.63, 3.8) is 0 Å². The number of ether oxygens (including phenoxy) is 1. The van der Waals surface area contributed by atoms with Gasteiger partial charge >= 0.3 is 24.5 Å². The number of hydrogen-bond acceptors (Lipinski definition) is 11. The Hall–Kier alpha value is -6.67. The molecule has 0 saturated carbocycles. The standard InChI is InChI=1S/C44H42ClF10N9O8S2/c1-21-22(2)43(51,52)37-32(21)36(44(53,54)55)60-62(37)19-31(65)59-30(17-23-15-24(46)18-25(47)16-23)34-27(8-7-26(58-34)11-12-41(3,4)73(5,68)69)28-9-10-29(45)33-35(28)63(20-42(48,49)50)61-38(33)64(74(6,70)71)40(67)72-14-13-57-39(56)66/h7-10,15-16,18,21-22,30H,13-14,17,19-20H2,1-6H3,(H,59,65)(H3,56,57,66)/t21-,22+,30-/m0/s1. The van der Waals surface area contributed by atoms with Crippen LogP contribution in [0, 0.1) is 29.4 Å². The maximum atomic E-state index is 15.8. The number of carbonyl (C=O) groups is 3. The van der Waals surface area contributed by atoms with Crippen molar-refractivity contribution in [1.29, 1.82) is 0 Å².